The first-order valence-corrected chi connectivity index (χ1v) is 3.55. The van der Waals surface area contributed by atoms with Crippen LogP contribution in [0.1, 0.15) is 0 Å². The van der Waals surface area contributed by atoms with Gasteiger partial charge in [-0.05, 0) is 0 Å². The van der Waals surface area contributed by atoms with E-state index in [1.54, 1.807) is 0 Å². The molecule has 0 spiro atoms. The zero-order valence-electron chi connectivity index (χ0n) is 3.13. The van der Waals surface area contributed by atoms with Gasteiger partial charge >= 0.3 is 48.0 Å². The molecular formula is C3CrO2S. The topological polar surface area (TPSA) is 34.1 Å². The van der Waals surface area contributed by atoms with E-state index in [-0.39, 0.29) is 0 Å². The van der Waals surface area contributed by atoms with Crippen LogP contribution in [-0.4, -0.2) is 13.3 Å². The third-order valence-electron chi connectivity index (χ3n) is 0.250. The summed E-state index contributed by atoms with van der Waals surface area (Å²) in [6.45, 7) is 0. The molecule has 0 aromatic heterocycles. The average Bonchev–Trinajstić information content (AvgIpc) is 1.72. The SMILES string of the molecule is O=[C]=[Cr](=[C]=O)=[C]=S. The van der Waals surface area contributed by atoms with E-state index in [1.807, 2.05) is 0 Å². The third-order valence-corrected chi connectivity index (χ3v) is 1.72. The Morgan fingerprint density at radius 2 is 1.71 bits per heavy atom. The van der Waals surface area contributed by atoms with Crippen molar-refractivity contribution in [3.05, 3.63) is 0 Å². The predicted octanol–water partition coefficient (Wildman–Crippen LogP) is -0.427. The molecule has 0 aliphatic rings. The van der Waals surface area contributed by atoms with Gasteiger partial charge in [-0.2, -0.15) is 0 Å². The van der Waals surface area contributed by atoms with Crippen LogP contribution in [-0.2, 0) is 22.4 Å². The van der Waals surface area contributed by atoms with E-state index in [9.17, 15) is 9.59 Å². The van der Waals surface area contributed by atoms with E-state index in [2.05, 4.69) is 16.0 Å². The molecule has 0 saturated heterocycles. The van der Waals surface area contributed by atoms with E-state index in [1.165, 1.54) is 9.50 Å². The molecule has 7 heavy (non-hydrogen) atoms. The van der Waals surface area contributed by atoms with E-state index >= 15 is 0 Å². The Morgan fingerprint density at radius 1 is 1.29 bits per heavy atom. The number of thiocarbonyl (C=S) groups is 1. The molecule has 0 unspecified atom stereocenters. The molecule has 0 aromatic rings. The van der Waals surface area contributed by atoms with Crippen molar-refractivity contribution in [3.8, 4) is 0 Å². The van der Waals surface area contributed by atoms with Crippen LogP contribution >= 0.6 is 12.2 Å². The van der Waals surface area contributed by atoms with Gasteiger partial charge < -0.3 is 0 Å². The van der Waals surface area contributed by atoms with Crippen molar-refractivity contribution >= 4 is 25.5 Å². The minimum absolute atomic E-state index is 1.44. The summed E-state index contributed by atoms with van der Waals surface area (Å²) in [5.74, 6) is 0. The van der Waals surface area contributed by atoms with Gasteiger partial charge in [0.2, 0.25) is 0 Å². The zero-order valence-corrected chi connectivity index (χ0v) is 5.22. The van der Waals surface area contributed by atoms with Crippen molar-refractivity contribution < 1.29 is 22.4 Å². The summed E-state index contributed by atoms with van der Waals surface area (Å²) in [7, 11) is 0. The molecule has 0 atom stereocenters. The zero-order chi connectivity index (χ0) is 5.70. The first-order valence-electron chi connectivity index (χ1n) is 1.22. The molecule has 0 radical (unpaired) electrons. The molecule has 0 heterocycles. The predicted molar refractivity (Wildman–Crippen MR) is 24.0 cm³/mol. The number of rotatable bonds is 0. The fraction of sp³-hybridized carbons (Fsp3) is 0. The van der Waals surface area contributed by atoms with Crippen LogP contribution in [0.15, 0.2) is 0 Å². The molecule has 0 amide bonds. The Bertz CT molecular complexity index is 212. The maximum absolute atomic E-state index is 9.51. The number of hydrogen-bond acceptors (Lipinski definition) is 3. The summed E-state index contributed by atoms with van der Waals surface area (Å²) in [6, 6.07) is 0. The van der Waals surface area contributed by atoms with E-state index in [0.717, 1.165) is 0 Å². The van der Waals surface area contributed by atoms with Gasteiger partial charge in [0.05, 0.1) is 0 Å². The second-order valence-electron chi connectivity index (χ2n) is 0.556. The van der Waals surface area contributed by atoms with Gasteiger partial charge in [0.25, 0.3) is 0 Å². The fourth-order valence-electron chi connectivity index (χ4n) is 0.0510. The Hall–Kier alpha value is -0.308. The van der Waals surface area contributed by atoms with Gasteiger partial charge in [-0.3, -0.25) is 0 Å². The quantitative estimate of drug-likeness (QED) is 0.442. The van der Waals surface area contributed by atoms with Gasteiger partial charge in [-0.1, -0.05) is 0 Å². The van der Waals surface area contributed by atoms with E-state index in [0.29, 0.717) is 0 Å². The van der Waals surface area contributed by atoms with Gasteiger partial charge in [-0.25, -0.2) is 0 Å². The Kier molecular flexibility index (Phi) is 3.70. The molecule has 2 nitrogen and oxygen atoms in total. The van der Waals surface area contributed by atoms with Gasteiger partial charge in [-0.15, -0.1) is 0 Å². The second kappa shape index (κ2) is 3.87. The molecular weight excluding hydrogens is 152 g/mol. The van der Waals surface area contributed by atoms with Crippen molar-refractivity contribution in [2.24, 2.45) is 0 Å². The molecule has 0 rings (SSSR count). The molecule has 0 N–H and O–H groups in total. The molecule has 0 aliphatic carbocycles. The average molecular weight is 152 g/mol. The molecule has 0 fully saturated rings. The van der Waals surface area contributed by atoms with Crippen molar-refractivity contribution in [2.45, 2.75) is 0 Å². The summed E-state index contributed by atoms with van der Waals surface area (Å²) in [5, 5.41) is 0. The third kappa shape index (κ3) is 2.40. The van der Waals surface area contributed by atoms with Crippen molar-refractivity contribution in [1.82, 2.24) is 0 Å². The van der Waals surface area contributed by atoms with Crippen LogP contribution in [0, 0.1) is 0 Å². The summed E-state index contributed by atoms with van der Waals surface area (Å²) >= 11 is 2.05. The first-order chi connectivity index (χ1) is 3.35. The summed E-state index contributed by atoms with van der Waals surface area (Å²) in [4.78, 5) is 19.0. The van der Waals surface area contributed by atoms with Crippen molar-refractivity contribution in [1.29, 1.82) is 0 Å². The van der Waals surface area contributed by atoms with Crippen LogP contribution in [0.4, 0.5) is 0 Å². The Labute approximate surface area is 48.4 Å². The summed E-state index contributed by atoms with van der Waals surface area (Å²) in [5.41, 5.74) is 0. The van der Waals surface area contributed by atoms with E-state index < -0.39 is 12.8 Å². The summed E-state index contributed by atoms with van der Waals surface area (Å²) in [6.07, 6.45) is 0. The van der Waals surface area contributed by atoms with Crippen molar-refractivity contribution in [3.63, 3.8) is 0 Å². The molecule has 4 heteroatoms. The Balaban J connectivity index is 5.98. The number of carbonyl (C=O) groups excluding carboxylic acids is 2. The first kappa shape index (κ1) is 6.69. The van der Waals surface area contributed by atoms with Crippen LogP contribution in [0.5, 0.6) is 0 Å². The number of hydrogen-bond donors (Lipinski definition) is 0. The van der Waals surface area contributed by atoms with E-state index in [4.69, 9.17) is 0 Å². The van der Waals surface area contributed by atoms with Crippen molar-refractivity contribution in [2.75, 3.05) is 0 Å². The van der Waals surface area contributed by atoms with Gasteiger partial charge in [0, 0.05) is 0 Å². The second-order valence-corrected chi connectivity index (χ2v) is 2.98. The molecule has 0 aliphatic heterocycles. The standard InChI is InChI=1S/2CO.CS.Cr/c3*1-2;. The minimum atomic E-state index is -2.10. The monoisotopic (exact) mass is 152 g/mol. The van der Waals surface area contributed by atoms with Gasteiger partial charge in [0.1, 0.15) is 0 Å². The fourth-order valence-corrected chi connectivity index (χ4v) is 0.491. The van der Waals surface area contributed by atoms with Crippen LogP contribution < -0.4 is 0 Å². The molecule has 36 valence electrons. The summed E-state index contributed by atoms with van der Waals surface area (Å²) < 4.78 is 4.94. The molecule has 0 aromatic carbocycles. The normalized spacial score (nSPS) is 5.14. The molecule has 0 saturated carbocycles. The maximum atomic E-state index is 9.51. The van der Waals surface area contributed by atoms with Crippen LogP contribution in [0.2, 0.25) is 0 Å². The van der Waals surface area contributed by atoms with Crippen LogP contribution in [0.3, 0.4) is 0 Å². The molecule has 0 bridgehead atoms. The van der Waals surface area contributed by atoms with Gasteiger partial charge in [0.15, 0.2) is 0 Å². The Morgan fingerprint density at radius 3 is 1.71 bits per heavy atom. The van der Waals surface area contributed by atoms with Crippen LogP contribution in [0.25, 0.3) is 0 Å².